The number of unbranched alkanes of at least 4 members (excludes halogenated alkanes) is 14. The van der Waals surface area contributed by atoms with Crippen molar-refractivity contribution in [2.45, 2.75) is 149 Å². The van der Waals surface area contributed by atoms with Gasteiger partial charge in [0.1, 0.15) is 0 Å². The molecule has 168 valence electrons. The third-order valence-corrected chi connectivity index (χ3v) is 6.50. The van der Waals surface area contributed by atoms with E-state index in [9.17, 15) is 0 Å². The molecule has 0 aliphatic heterocycles. The lowest BCUT2D eigenvalue weighted by Crippen LogP contribution is -2.02. The first kappa shape index (κ1) is 26.3. The molecule has 0 saturated carbocycles. The Morgan fingerprint density at radius 2 is 0.759 bits per heavy atom. The van der Waals surface area contributed by atoms with Crippen LogP contribution in [0.4, 0.5) is 0 Å². The molecule has 1 aromatic carbocycles. The molecule has 0 nitrogen and oxygen atoms in total. The van der Waals surface area contributed by atoms with Crippen molar-refractivity contribution in [3.63, 3.8) is 0 Å². The lowest BCUT2D eigenvalue weighted by molar-refractivity contribution is 0.586. The van der Waals surface area contributed by atoms with E-state index in [0.717, 1.165) is 0 Å². The van der Waals surface area contributed by atoms with Crippen LogP contribution in [0.3, 0.4) is 0 Å². The second kappa shape index (κ2) is 19.2. The number of benzene rings is 1. The summed E-state index contributed by atoms with van der Waals surface area (Å²) in [6.45, 7) is 6.93. The molecule has 1 rings (SSSR count). The summed E-state index contributed by atoms with van der Waals surface area (Å²) in [6.07, 6.45) is 27.7. The first-order valence-corrected chi connectivity index (χ1v) is 13.4. The molecule has 0 N–H and O–H groups in total. The van der Waals surface area contributed by atoms with Crippen molar-refractivity contribution in [1.29, 1.82) is 0 Å². The standard InChI is InChI=1S/C29H52/c1-4-7-10-13-14-17-19-23-28-25-21-24-27(22-18-15-11-8-5-2)29(28)26-20-16-12-9-6-3/h21,24-25H,4-20,22-23,26H2,1-3H3. The molecular weight excluding hydrogens is 348 g/mol. The average molecular weight is 401 g/mol. The van der Waals surface area contributed by atoms with E-state index in [-0.39, 0.29) is 0 Å². The fourth-order valence-corrected chi connectivity index (χ4v) is 4.57. The number of rotatable bonds is 20. The smallest absolute Gasteiger partial charge is 0.0273 e. The Morgan fingerprint density at radius 1 is 0.414 bits per heavy atom. The lowest BCUT2D eigenvalue weighted by Gasteiger charge is -2.16. The van der Waals surface area contributed by atoms with Crippen molar-refractivity contribution in [3.8, 4) is 0 Å². The topological polar surface area (TPSA) is 0 Å². The monoisotopic (exact) mass is 400 g/mol. The second-order valence-electron chi connectivity index (χ2n) is 9.25. The van der Waals surface area contributed by atoms with Crippen LogP contribution in [0.2, 0.25) is 0 Å². The van der Waals surface area contributed by atoms with Gasteiger partial charge in [0.15, 0.2) is 0 Å². The van der Waals surface area contributed by atoms with Gasteiger partial charge in [0.25, 0.3) is 0 Å². The molecule has 0 bridgehead atoms. The van der Waals surface area contributed by atoms with Crippen molar-refractivity contribution >= 4 is 0 Å². The van der Waals surface area contributed by atoms with Gasteiger partial charge in [-0.2, -0.15) is 0 Å². The largest absolute Gasteiger partial charge is 0.0654 e. The molecule has 0 amide bonds. The lowest BCUT2D eigenvalue weighted by atomic mass is 9.90. The summed E-state index contributed by atoms with van der Waals surface area (Å²) in [6, 6.07) is 7.23. The molecule has 0 aromatic heterocycles. The van der Waals surface area contributed by atoms with Crippen LogP contribution in [0.25, 0.3) is 0 Å². The number of hydrogen-bond acceptors (Lipinski definition) is 0. The van der Waals surface area contributed by atoms with Crippen molar-refractivity contribution in [3.05, 3.63) is 34.9 Å². The fourth-order valence-electron chi connectivity index (χ4n) is 4.57. The van der Waals surface area contributed by atoms with Crippen molar-refractivity contribution in [2.75, 3.05) is 0 Å². The first-order chi connectivity index (χ1) is 14.3. The normalized spacial score (nSPS) is 11.3. The Morgan fingerprint density at radius 3 is 1.17 bits per heavy atom. The fraction of sp³-hybridized carbons (Fsp3) is 0.793. The summed E-state index contributed by atoms with van der Waals surface area (Å²) >= 11 is 0. The molecular formula is C29H52. The highest BCUT2D eigenvalue weighted by molar-refractivity contribution is 5.36. The van der Waals surface area contributed by atoms with Crippen molar-refractivity contribution in [2.24, 2.45) is 0 Å². The minimum Gasteiger partial charge on any atom is -0.0654 e. The predicted molar refractivity (Wildman–Crippen MR) is 133 cm³/mol. The zero-order valence-corrected chi connectivity index (χ0v) is 20.4. The molecule has 0 heteroatoms. The first-order valence-electron chi connectivity index (χ1n) is 13.4. The molecule has 0 heterocycles. The molecule has 0 aliphatic rings. The third-order valence-electron chi connectivity index (χ3n) is 6.50. The highest BCUT2D eigenvalue weighted by Crippen LogP contribution is 2.23. The molecule has 0 atom stereocenters. The van der Waals surface area contributed by atoms with E-state index in [2.05, 4.69) is 39.0 Å². The molecule has 1 aromatic rings. The maximum atomic E-state index is 2.44. The highest BCUT2D eigenvalue weighted by Gasteiger charge is 2.09. The maximum absolute atomic E-state index is 2.44. The van der Waals surface area contributed by atoms with Crippen LogP contribution < -0.4 is 0 Å². The Bertz CT molecular complexity index is 473. The van der Waals surface area contributed by atoms with Gasteiger partial charge in [0.05, 0.1) is 0 Å². The summed E-state index contributed by atoms with van der Waals surface area (Å²) in [7, 11) is 0. The third kappa shape index (κ3) is 13.2. The summed E-state index contributed by atoms with van der Waals surface area (Å²) in [5.41, 5.74) is 5.10. The Balaban J connectivity index is 2.55. The van der Waals surface area contributed by atoms with E-state index in [4.69, 9.17) is 0 Å². The van der Waals surface area contributed by atoms with Crippen molar-refractivity contribution in [1.82, 2.24) is 0 Å². The summed E-state index contributed by atoms with van der Waals surface area (Å²) in [4.78, 5) is 0. The van der Waals surface area contributed by atoms with Gasteiger partial charge < -0.3 is 0 Å². The minimum absolute atomic E-state index is 1.30. The van der Waals surface area contributed by atoms with Gasteiger partial charge in [-0.25, -0.2) is 0 Å². The molecule has 0 unspecified atom stereocenters. The van der Waals surface area contributed by atoms with Crippen molar-refractivity contribution < 1.29 is 0 Å². The highest BCUT2D eigenvalue weighted by atomic mass is 14.1. The van der Waals surface area contributed by atoms with Crippen LogP contribution in [-0.4, -0.2) is 0 Å². The Hall–Kier alpha value is -0.780. The van der Waals surface area contributed by atoms with Gasteiger partial charge in [-0.3, -0.25) is 0 Å². The zero-order chi connectivity index (χ0) is 21.0. The predicted octanol–water partition coefficient (Wildman–Crippen LogP) is 10.0. The van der Waals surface area contributed by atoms with Crippen LogP contribution in [0.1, 0.15) is 147 Å². The van der Waals surface area contributed by atoms with E-state index in [0.29, 0.717) is 0 Å². The van der Waals surface area contributed by atoms with Crippen LogP contribution in [0.15, 0.2) is 18.2 Å². The molecule has 29 heavy (non-hydrogen) atoms. The van der Waals surface area contributed by atoms with Crippen LogP contribution in [0.5, 0.6) is 0 Å². The van der Waals surface area contributed by atoms with E-state index in [1.165, 1.54) is 128 Å². The molecule has 0 radical (unpaired) electrons. The van der Waals surface area contributed by atoms with E-state index >= 15 is 0 Å². The molecule has 0 spiro atoms. The van der Waals surface area contributed by atoms with Gasteiger partial charge in [0.2, 0.25) is 0 Å². The van der Waals surface area contributed by atoms with Gasteiger partial charge in [-0.15, -0.1) is 0 Å². The van der Waals surface area contributed by atoms with Crippen LogP contribution in [-0.2, 0) is 19.3 Å². The second-order valence-corrected chi connectivity index (χ2v) is 9.25. The van der Waals surface area contributed by atoms with E-state index in [1.54, 1.807) is 16.7 Å². The average Bonchev–Trinajstić information content (AvgIpc) is 2.74. The Labute approximate surface area is 184 Å². The van der Waals surface area contributed by atoms with Gasteiger partial charge in [0, 0.05) is 0 Å². The summed E-state index contributed by atoms with van der Waals surface area (Å²) in [5.74, 6) is 0. The Kier molecular flexibility index (Phi) is 17.4. The number of aryl methyl sites for hydroxylation is 2. The van der Waals surface area contributed by atoms with Gasteiger partial charge in [-0.05, 0) is 55.2 Å². The maximum Gasteiger partial charge on any atom is -0.0273 e. The molecule has 0 saturated heterocycles. The molecule has 0 fully saturated rings. The minimum atomic E-state index is 1.30. The van der Waals surface area contributed by atoms with E-state index in [1.807, 2.05) is 0 Å². The summed E-state index contributed by atoms with van der Waals surface area (Å²) in [5, 5.41) is 0. The number of hydrogen-bond donors (Lipinski definition) is 0. The van der Waals surface area contributed by atoms with Crippen LogP contribution >= 0.6 is 0 Å². The summed E-state index contributed by atoms with van der Waals surface area (Å²) < 4.78 is 0. The zero-order valence-electron chi connectivity index (χ0n) is 20.4. The quantitative estimate of drug-likeness (QED) is 0.191. The van der Waals surface area contributed by atoms with Crippen LogP contribution in [0, 0.1) is 0 Å². The molecule has 0 aliphatic carbocycles. The van der Waals surface area contributed by atoms with Gasteiger partial charge in [-0.1, -0.05) is 129 Å². The SMILES string of the molecule is CCCCCCCCCc1cccc(CCCCCCC)c1CCCCCCC. The van der Waals surface area contributed by atoms with E-state index < -0.39 is 0 Å². The van der Waals surface area contributed by atoms with Gasteiger partial charge >= 0.3 is 0 Å².